The minimum Gasteiger partial charge on any atom is -0.342 e. The number of aromatic amines is 1. The smallest absolute Gasteiger partial charge is 0.255 e. The van der Waals surface area contributed by atoms with Crippen LogP contribution in [0.4, 0.5) is 0 Å². The lowest BCUT2D eigenvalue weighted by molar-refractivity contribution is -0.131. The number of hydrogen-bond donors (Lipinski definition) is 1. The minimum absolute atomic E-state index is 0.0276. The first-order valence-electron chi connectivity index (χ1n) is 8.68. The SMILES string of the molecule is Cc1nc(SCc2ccccc2)[nH]c(=O)c1CC(=O)N1CCCCC1. The summed E-state index contributed by atoms with van der Waals surface area (Å²) in [6.07, 6.45) is 3.42. The van der Waals surface area contributed by atoms with Crippen LogP contribution in [0, 0.1) is 6.92 Å². The first kappa shape index (κ1) is 17.7. The molecule has 0 spiro atoms. The first-order valence-corrected chi connectivity index (χ1v) is 9.66. The Balaban J connectivity index is 1.67. The molecule has 0 unspecified atom stereocenters. The number of aromatic nitrogens is 2. The van der Waals surface area contributed by atoms with Crippen molar-refractivity contribution >= 4 is 17.7 Å². The Bertz CT molecular complexity index is 783. The maximum absolute atomic E-state index is 12.4. The second-order valence-corrected chi connectivity index (χ2v) is 7.29. The van der Waals surface area contributed by atoms with Crippen molar-refractivity contribution in [3.8, 4) is 0 Å². The number of likely N-dealkylation sites (tertiary alicyclic amines) is 1. The number of hydrogen-bond acceptors (Lipinski definition) is 4. The predicted octanol–water partition coefficient (Wildman–Crippen LogP) is 2.93. The molecule has 6 heteroatoms. The van der Waals surface area contributed by atoms with Crippen molar-refractivity contribution in [3.05, 3.63) is 57.5 Å². The molecule has 0 aliphatic carbocycles. The van der Waals surface area contributed by atoms with Gasteiger partial charge in [0.25, 0.3) is 5.56 Å². The zero-order valence-electron chi connectivity index (χ0n) is 14.5. The summed E-state index contributed by atoms with van der Waals surface area (Å²) in [5.74, 6) is 0.773. The van der Waals surface area contributed by atoms with Crippen molar-refractivity contribution in [3.63, 3.8) is 0 Å². The molecule has 1 amide bonds. The van der Waals surface area contributed by atoms with Crippen molar-refractivity contribution in [2.75, 3.05) is 13.1 Å². The molecule has 1 aliphatic rings. The van der Waals surface area contributed by atoms with Crippen LogP contribution in [0.2, 0.25) is 0 Å². The molecule has 3 rings (SSSR count). The number of rotatable bonds is 5. The number of carbonyl (C=O) groups is 1. The van der Waals surface area contributed by atoms with Crippen LogP contribution in [0.25, 0.3) is 0 Å². The van der Waals surface area contributed by atoms with Crippen LogP contribution in [0.3, 0.4) is 0 Å². The molecule has 1 aliphatic heterocycles. The van der Waals surface area contributed by atoms with Crippen LogP contribution < -0.4 is 5.56 Å². The van der Waals surface area contributed by atoms with Crippen molar-refractivity contribution in [2.24, 2.45) is 0 Å². The number of H-pyrrole nitrogens is 1. The summed E-state index contributed by atoms with van der Waals surface area (Å²) in [4.78, 5) is 34.0. The van der Waals surface area contributed by atoms with Crippen LogP contribution in [-0.2, 0) is 17.0 Å². The van der Waals surface area contributed by atoms with Crippen LogP contribution in [0.5, 0.6) is 0 Å². The number of benzene rings is 1. The molecule has 1 fully saturated rings. The van der Waals surface area contributed by atoms with E-state index in [0.29, 0.717) is 16.4 Å². The topological polar surface area (TPSA) is 66.1 Å². The highest BCUT2D eigenvalue weighted by Crippen LogP contribution is 2.19. The minimum atomic E-state index is -0.201. The van der Waals surface area contributed by atoms with Crippen LogP contribution in [-0.4, -0.2) is 33.9 Å². The fourth-order valence-electron chi connectivity index (χ4n) is 2.99. The number of nitrogens with zero attached hydrogens (tertiary/aromatic N) is 2. The van der Waals surface area contributed by atoms with Gasteiger partial charge >= 0.3 is 0 Å². The van der Waals surface area contributed by atoms with Gasteiger partial charge in [-0.2, -0.15) is 0 Å². The highest BCUT2D eigenvalue weighted by molar-refractivity contribution is 7.98. The molecule has 0 atom stereocenters. The number of amides is 1. The highest BCUT2D eigenvalue weighted by atomic mass is 32.2. The first-order chi connectivity index (χ1) is 12.1. The molecule has 1 saturated heterocycles. The highest BCUT2D eigenvalue weighted by Gasteiger charge is 2.19. The molecule has 2 aromatic rings. The second-order valence-electron chi connectivity index (χ2n) is 6.33. The van der Waals surface area contributed by atoms with Crippen molar-refractivity contribution in [1.29, 1.82) is 0 Å². The Labute approximate surface area is 151 Å². The van der Waals surface area contributed by atoms with Gasteiger partial charge in [0.15, 0.2) is 5.16 Å². The molecule has 1 aromatic carbocycles. The molecular formula is C19H23N3O2S. The average molecular weight is 357 g/mol. The van der Waals surface area contributed by atoms with E-state index in [2.05, 4.69) is 9.97 Å². The van der Waals surface area contributed by atoms with E-state index in [1.165, 1.54) is 23.7 Å². The maximum atomic E-state index is 12.4. The monoisotopic (exact) mass is 357 g/mol. The summed E-state index contributed by atoms with van der Waals surface area (Å²) in [6, 6.07) is 10.1. The van der Waals surface area contributed by atoms with E-state index in [1.54, 1.807) is 6.92 Å². The van der Waals surface area contributed by atoms with Gasteiger partial charge in [0, 0.05) is 30.1 Å². The molecule has 5 nitrogen and oxygen atoms in total. The van der Waals surface area contributed by atoms with E-state index in [4.69, 9.17) is 0 Å². The Morgan fingerprint density at radius 1 is 1.20 bits per heavy atom. The summed E-state index contributed by atoms with van der Waals surface area (Å²) in [7, 11) is 0. The Morgan fingerprint density at radius 2 is 1.92 bits per heavy atom. The van der Waals surface area contributed by atoms with Gasteiger partial charge in [-0.1, -0.05) is 42.1 Å². The van der Waals surface area contributed by atoms with E-state index in [-0.39, 0.29) is 17.9 Å². The molecule has 1 aromatic heterocycles. The van der Waals surface area contributed by atoms with Gasteiger partial charge in [-0.3, -0.25) is 9.59 Å². The standard InChI is InChI=1S/C19H23N3O2S/c1-14-16(12-17(23)22-10-6-3-7-11-22)18(24)21-19(20-14)25-13-15-8-4-2-5-9-15/h2,4-5,8-9H,3,6-7,10-13H2,1H3,(H,20,21,24). The maximum Gasteiger partial charge on any atom is 0.255 e. The number of piperidine rings is 1. The van der Waals surface area contributed by atoms with E-state index in [9.17, 15) is 9.59 Å². The van der Waals surface area contributed by atoms with Gasteiger partial charge in [-0.15, -0.1) is 0 Å². The Kier molecular flexibility index (Phi) is 5.91. The fraction of sp³-hybridized carbons (Fsp3) is 0.421. The summed E-state index contributed by atoms with van der Waals surface area (Å²) in [6.45, 7) is 3.41. The van der Waals surface area contributed by atoms with E-state index in [1.807, 2.05) is 35.2 Å². The van der Waals surface area contributed by atoms with Crippen LogP contribution in [0.15, 0.2) is 40.3 Å². The second kappa shape index (κ2) is 8.34. The predicted molar refractivity (Wildman–Crippen MR) is 99.7 cm³/mol. The van der Waals surface area contributed by atoms with Gasteiger partial charge in [0.05, 0.1) is 6.42 Å². The summed E-state index contributed by atoms with van der Waals surface area (Å²) in [5.41, 5.74) is 2.11. The van der Waals surface area contributed by atoms with Gasteiger partial charge in [-0.05, 0) is 31.7 Å². The molecule has 0 saturated carbocycles. The van der Waals surface area contributed by atoms with Gasteiger partial charge in [0.1, 0.15) is 0 Å². The van der Waals surface area contributed by atoms with Crippen molar-refractivity contribution in [1.82, 2.24) is 14.9 Å². The lowest BCUT2D eigenvalue weighted by Crippen LogP contribution is -2.37. The van der Waals surface area contributed by atoms with E-state index < -0.39 is 0 Å². The molecule has 25 heavy (non-hydrogen) atoms. The lowest BCUT2D eigenvalue weighted by Gasteiger charge is -2.26. The van der Waals surface area contributed by atoms with Gasteiger partial charge in [-0.25, -0.2) is 4.98 Å². The van der Waals surface area contributed by atoms with Gasteiger partial charge in [0.2, 0.25) is 5.91 Å². The zero-order valence-corrected chi connectivity index (χ0v) is 15.3. The summed E-state index contributed by atoms with van der Waals surface area (Å²) >= 11 is 1.50. The summed E-state index contributed by atoms with van der Waals surface area (Å²) in [5, 5.41) is 0.598. The molecule has 132 valence electrons. The van der Waals surface area contributed by atoms with E-state index in [0.717, 1.165) is 31.7 Å². The number of carbonyl (C=O) groups excluding carboxylic acids is 1. The number of thioether (sulfide) groups is 1. The fourth-order valence-corrected chi connectivity index (χ4v) is 3.86. The third kappa shape index (κ3) is 4.72. The number of aryl methyl sites for hydroxylation is 1. The van der Waals surface area contributed by atoms with E-state index >= 15 is 0 Å². The number of nitrogens with one attached hydrogen (secondary N) is 1. The quantitative estimate of drug-likeness (QED) is 0.660. The molecule has 2 heterocycles. The van der Waals surface area contributed by atoms with Crippen molar-refractivity contribution < 1.29 is 4.79 Å². The molecule has 1 N–H and O–H groups in total. The molecular weight excluding hydrogens is 334 g/mol. The van der Waals surface area contributed by atoms with Gasteiger partial charge < -0.3 is 9.88 Å². The summed E-state index contributed by atoms with van der Waals surface area (Å²) < 4.78 is 0. The normalized spacial score (nSPS) is 14.5. The third-order valence-corrected chi connectivity index (χ3v) is 5.40. The third-order valence-electron chi connectivity index (χ3n) is 4.46. The largest absolute Gasteiger partial charge is 0.342 e. The average Bonchev–Trinajstić information content (AvgIpc) is 2.64. The zero-order chi connectivity index (χ0) is 17.6. The molecule has 0 bridgehead atoms. The lowest BCUT2D eigenvalue weighted by atomic mass is 10.1. The Hall–Kier alpha value is -2.08. The Morgan fingerprint density at radius 3 is 2.60 bits per heavy atom. The van der Waals surface area contributed by atoms with Crippen LogP contribution in [0.1, 0.15) is 36.1 Å². The van der Waals surface area contributed by atoms with Crippen molar-refractivity contribution in [2.45, 2.75) is 43.5 Å². The molecule has 0 radical (unpaired) electrons. The van der Waals surface area contributed by atoms with Crippen LogP contribution >= 0.6 is 11.8 Å².